The Hall–Kier alpha value is -3.21. The molecular weight excluding hydrogens is 260 g/mol. The SMILES string of the molecule is N#Cc1cn[nH]c1NC(=O)C(=O)NCc1cccnc1. The zero-order valence-electron chi connectivity index (χ0n) is 10.3. The number of aromatic nitrogens is 3. The molecule has 2 aromatic heterocycles. The minimum Gasteiger partial charge on any atom is -0.344 e. The van der Waals surface area contributed by atoms with Crippen LogP contribution in [0.5, 0.6) is 0 Å². The highest BCUT2D eigenvalue weighted by molar-refractivity contribution is 6.39. The van der Waals surface area contributed by atoms with Crippen molar-refractivity contribution in [2.45, 2.75) is 6.54 Å². The van der Waals surface area contributed by atoms with Crippen LogP contribution in [0.2, 0.25) is 0 Å². The summed E-state index contributed by atoms with van der Waals surface area (Å²) in [4.78, 5) is 27.1. The monoisotopic (exact) mass is 270 g/mol. The number of hydrogen-bond acceptors (Lipinski definition) is 5. The molecule has 8 heteroatoms. The number of pyridine rings is 1. The second kappa shape index (κ2) is 6.10. The molecule has 0 radical (unpaired) electrons. The van der Waals surface area contributed by atoms with Gasteiger partial charge in [-0.15, -0.1) is 0 Å². The van der Waals surface area contributed by atoms with Gasteiger partial charge in [-0.3, -0.25) is 19.7 Å². The molecule has 2 rings (SSSR count). The Kier molecular flexibility index (Phi) is 4.04. The number of carbonyl (C=O) groups excluding carboxylic acids is 2. The van der Waals surface area contributed by atoms with Crippen LogP contribution in [0.25, 0.3) is 0 Å². The van der Waals surface area contributed by atoms with Gasteiger partial charge in [0, 0.05) is 18.9 Å². The molecule has 100 valence electrons. The summed E-state index contributed by atoms with van der Waals surface area (Å²) in [5.41, 5.74) is 0.923. The van der Waals surface area contributed by atoms with E-state index in [0.717, 1.165) is 5.56 Å². The van der Waals surface area contributed by atoms with Crippen molar-refractivity contribution in [1.29, 1.82) is 5.26 Å². The van der Waals surface area contributed by atoms with E-state index in [4.69, 9.17) is 5.26 Å². The molecule has 0 saturated carbocycles. The largest absolute Gasteiger partial charge is 0.344 e. The molecule has 20 heavy (non-hydrogen) atoms. The highest BCUT2D eigenvalue weighted by Gasteiger charge is 2.16. The van der Waals surface area contributed by atoms with Crippen LogP contribution in [0.15, 0.2) is 30.7 Å². The van der Waals surface area contributed by atoms with Gasteiger partial charge in [0.15, 0.2) is 0 Å². The molecule has 0 saturated heterocycles. The first-order valence-electron chi connectivity index (χ1n) is 5.62. The molecule has 2 heterocycles. The normalized spacial score (nSPS) is 9.55. The van der Waals surface area contributed by atoms with Gasteiger partial charge < -0.3 is 10.6 Å². The number of hydrogen-bond donors (Lipinski definition) is 3. The molecule has 0 aromatic carbocycles. The fourth-order valence-electron chi connectivity index (χ4n) is 1.40. The van der Waals surface area contributed by atoms with Gasteiger partial charge in [0.1, 0.15) is 17.5 Å². The summed E-state index contributed by atoms with van der Waals surface area (Å²) >= 11 is 0. The third kappa shape index (κ3) is 3.17. The predicted octanol–water partition coefficient (Wildman–Crippen LogP) is -0.0687. The summed E-state index contributed by atoms with van der Waals surface area (Å²) in [5.74, 6) is -1.60. The van der Waals surface area contributed by atoms with E-state index in [-0.39, 0.29) is 17.9 Å². The zero-order valence-corrected chi connectivity index (χ0v) is 10.3. The maximum absolute atomic E-state index is 11.6. The number of nitrogens with zero attached hydrogens (tertiary/aromatic N) is 3. The lowest BCUT2D eigenvalue weighted by molar-refractivity contribution is -0.136. The fraction of sp³-hybridized carbons (Fsp3) is 0.0833. The number of anilines is 1. The van der Waals surface area contributed by atoms with Crippen LogP contribution >= 0.6 is 0 Å². The van der Waals surface area contributed by atoms with E-state index < -0.39 is 11.8 Å². The van der Waals surface area contributed by atoms with Gasteiger partial charge in [0.25, 0.3) is 0 Å². The van der Waals surface area contributed by atoms with Crippen molar-refractivity contribution in [2.24, 2.45) is 0 Å². The Morgan fingerprint density at radius 1 is 1.35 bits per heavy atom. The van der Waals surface area contributed by atoms with Gasteiger partial charge in [-0.2, -0.15) is 10.4 Å². The predicted molar refractivity (Wildman–Crippen MR) is 68.0 cm³/mol. The van der Waals surface area contributed by atoms with Crippen LogP contribution in [-0.2, 0) is 16.1 Å². The summed E-state index contributed by atoms with van der Waals surface area (Å²) in [6.45, 7) is 0.189. The quantitative estimate of drug-likeness (QED) is 0.673. The van der Waals surface area contributed by atoms with Crippen LogP contribution < -0.4 is 10.6 Å². The van der Waals surface area contributed by atoms with E-state index in [2.05, 4.69) is 25.8 Å². The molecule has 2 aromatic rings. The summed E-state index contributed by atoms with van der Waals surface area (Å²) in [6, 6.07) is 5.33. The second-order valence-corrected chi connectivity index (χ2v) is 3.77. The molecule has 3 N–H and O–H groups in total. The van der Waals surface area contributed by atoms with Crippen molar-refractivity contribution >= 4 is 17.6 Å². The lowest BCUT2D eigenvalue weighted by atomic mass is 10.3. The second-order valence-electron chi connectivity index (χ2n) is 3.77. The maximum Gasteiger partial charge on any atom is 0.314 e. The van der Waals surface area contributed by atoms with E-state index in [1.54, 1.807) is 24.5 Å². The number of nitriles is 1. The summed E-state index contributed by atoms with van der Waals surface area (Å²) in [5, 5.41) is 19.5. The van der Waals surface area contributed by atoms with E-state index in [0.29, 0.717) is 0 Å². The Bertz CT molecular complexity index is 658. The van der Waals surface area contributed by atoms with Crippen molar-refractivity contribution in [3.05, 3.63) is 41.9 Å². The molecule has 8 nitrogen and oxygen atoms in total. The lowest BCUT2D eigenvalue weighted by Crippen LogP contribution is -2.35. The number of aromatic amines is 1. The molecule has 0 unspecified atom stereocenters. The van der Waals surface area contributed by atoms with Gasteiger partial charge in [0.2, 0.25) is 0 Å². The molecule has 0 fully saturated rings. The number of amides is 2. The number of rotatable bonds is 3. The number of H-pyrrole nitrogens is 1. The van der Waals surface area contributed by atoms with Crippen LogP contribution in [0, 0.1) is 11.3 Å². The minimum absolute atomic E-state index is 0.0917. The first-order chi connectivity index (χ1) is 9.70. The molecule has 0 atom stereocenters. The summed E-state index contributed by atoms with van der Waals surface area (Å²) < 4.78 is 0. The van der Waals surface area contributed by atoms with Gasteiger partial charge >= 0.3 is 11.8 Å². The van der Waals surface area contributed by atoms with Crippen molar-refractivity contribution < 1.29 is 9.59 Å². The van der Waals surface area contributed by atoms with Crippen LogP contribution in [-0.4, -0.2) is 27.0 Å². The zero-order chi connectivity index (χ0) is 14.4. The highest BCUT2D eigenvalue weighted by Crippen LogP contribution is 2.08. The highest BCUT2D eigenvalue weighted by atomic mass is 16.2. The Balaban J connectivity index is 1.90. The lowest BCUT2D eigenvalue weighted by Gasteiger charge is -2.05. The average Bonchev–Trinajstić information content (AvgIpc) is 2.93. The van der Waals surface area contributed by atoms with Crippen molar-refractivity contribution in [2.75, 3.05) is 5.32 Å². The summed E-state index contributed by atoms with van der Waals surface area (Å²) in [7, 11) is 0. The standard InChI is InChI=1S/C12H10N6O2/c13-4-9-7-16-18-10(9)17-12(20)11(19)15-6-8-2-1-3-14-5-8/h1-3,5,7H,6H2,(H,15,19)(H2,16,17,18,20). The third-order valence-corrected chi connectivity index (χ3v) is 2.38. The molecule has 0 spiro atoms. The average molecular weight is 270 g/mol. The number of carbonyl (C=O) groups is 2. The van der Waals surface area contributed by atoms with Crippen molar-refractivity contribution in [1.82, 2.24) is 20.5 Å². The van der Waals surface area contributed by atoms with Crippen molar-refractivity contribution in [3.8, 4) is 6.07 Å². The first kappa shape index (κ1) is 13.2. The smallest absolute Gasteiger partial charge is 0.314 e. The molecule has 0 aliphatic carbocycles. The van der Waals surface area contributed by atoms with Crippen LogP contribution in [0.4, 0.5) is 5.82 Å². The molecule has 0 bridgehead atoms. The summed E-state index contributed by atoms with van der Waals surface area (Å²) in [6.07, 6.45) is 4.45. The molecule has 0 aliphatic rings. The van der Waals surface area contributed by atoms with Gasteiger partial charge in [-0.05, 0) is 11.6 Å². The molecule has 0 aliphatic heterocycles. The maximum atomic E-state index is 11.6. The van der Waals surface area contributed by atoms with E-state index >= 15 is 0 Å². The van der Waals surface area contributed by atoms with E-state index in [1.807, 2.05) is 6.07 Å². The molecular formula is C12H10N6O2. The van der Waals surface area contributed by atoms with Crippen LogP contribution in [0.3, 0.4) is 0 Å². The van der Waals surface area contributed by atoms with E-state index in [9.17, 15) is 9.59 Å². The minimum atomic E-state index is -0.880. The Morgan fingerprint density at radius 2 is 2.20 bits per heavy atom. The Labute approximate surface area is 113 Å². The van der Waals surface area contributed by atoms with Gasteiger partial charge in [0.05, 0.1) is 6.20 Å². The third-order valence-electron chi connectivity index (χ3n) is 2.38. The van der Waals surface area contributed by atoms with Gasteiger partial charge in [-0.25, -0.2) is 0 Å². The van der Waals surface area contributed by atoms with Crippen LogP contribution in [0.1, 0.15) is 11.1 Å². The van der Waals surface area contributed by atoms with E-state index in [1.165, 1.54) is 6.20 Å². The number of nitrogens with one attached hydrogen (secondary N) is 3. The van der Waals surface area contributed by atoms with Gasteiger partial charge in [-0.1, -0.05) is 6.07 Å². The van der Waals surface area contributed by atoms with Crippen molar-refractivity contribution in [3.63, 3.8) is 0 Å². The Morgan fingerprint density at radius 3 is 2.90 bits per heavy atom. The first-order valence-corrected chi connectivity index (χ1v) is 5.62. The molecule has 2 amide bonds. The fourth-order valence-corrected chi connectivity index (χ4v) is 1.40. The topological polar surface area (TPSA) is 124 Å².